The van der Waals surface area contributed by atoms with E-state index in [1.54, 1.807) is 29.2 Å². The molecule has 0 spiro atoms. The van der Waals surface area contributed by atoms with Crippen molar-refractivity contribution in [3.05, 3.63) is 95.6 Å². The second-order valence-electron chi connectivity index (χ2n) is 7.79. The second kappa shape index (κ2) is 10.1. The predicted octanol–water partition coefficient (Wildman–Crippen LogP) is 5.12. The molecule has 0 saturated carbocycles. The molecule has 8 heteroatoms. The number of carbonyl (C=O) groups is 2. The minimum atomic E-state index is -0.547. The number of hydrogen-bond donors (Lipinski definition) is 2. The van der Waals surface area contributed by atoms with Gasteiger partial charge in [-0.1, -0.05) is 36.4 Å². The van der Waals surface area contributed by atoms with Gasteiger partial charge < -0.3 is 15.5 Å². The monoisotopic (exact) mass is 450 g/mol. The quantitative estimate of drug-likeness (QED) is 0.548. The largest absolute Gasteiger partial charge is 0.334 e. The van der Waals surface area contributed by atoms with Gasteiger partial charge in [0.25, 0.3) is 0 Å². The van der Waals surface area contributed by atoms with Crippen molar-refractivity contribution in [2.24, 2.45) is 0 Å². The summed E-state index contributed by atoms with van der Waals surface area (Å²) in [4.78, 5) is 28.4. The highest BCUT2D eigenvalue weighted by molar-refractivity contribution is 5.95. The predicted molar refractivity (Wildman–Crippen MR) is 123 cm³/mol. The molecular weight excluding hydrogens is 426 g/mol. The van der Waals surface area contributed by atoms with Crippen LogP contribution in [0.1, 0.15) is 17.5 Å². The van der Waals surface area contributed by atoms with Crippen molar-refractivity contribution in [1.82, 2.24) is 10.2 Å². The third kappa shape index (κ3) is 5.65. The number of rotatable bonds is 6. The zero-order chi connectivity index (χ0) is 23.2. The van der Waals surface area contributed by atoms with Crippen molar-refractivity contribution in [2.75, 3.05) is 23.3 Å². The Morgan fingerprint density at radius 1 is 0.939 bits per heavy atom. The van der Waals surface area contributed by atoms with Gasteiger partial charge in [-0.2, -0.15) is 0 Å². The van der Waals surface area contributed by atoms with Gasteiger partial charge in [0.15, 0.2) is 0 Å². The van der Waals surface area contributed by atoms with Gasteiger partial charge in [0.05, 0.1) is 6.54 Å². The maximum Gasteiger partial charge on any atom is 0.324 e. The molecule has 0 aromatic heterocycles. The summed E-state index contributed by atoms with van der Waals surface area (Å²) in [7, 11) is 0. The van der Waals surface area contributed by atoms with Gasteiger partial charge in [-0.25, -0.2) is 18.4 Å². The van der Waals surface area contributed by atoms with Crippen LogP contribution < -0.4 is 15.5 Å². The summed E-state index contributed by atoms with van der Waals surface area (Å²) in [5, 5.41) is 5.57. The van der Waals surface area contributed by atoms with E-state index < -0.39 is 11.6 Å². The Morgan fingerprint density at radius 2 is 1.76 bits per heavy atom. The van der Waals surface area contributed by atoms with Crippen molar-refractivity contribution in [3.8, 4) is 0 Å². The van der Waals surface area contributed by atoms with E-state index in [2.05, 4.69) is 10.6 Å². The average molecular weight is 450 g/mol. The van der Waals surface area contributed by atoms with Crippen molar-refractivity contribution >= 4 is 23.4 Å². The fourth-order valence-corrected chi connectivity index (χ4v) is 3.74. The van der Waals surface area contributed by atoms with E-state index in [-0.39, 0.29) is 24.2 Å². The lowest BCUT2D eigenvalue weighted by Crippen LogP contribution is -2.49. The molecule has 4 amide bonds. The molecule has 1 aliphatic heterocycles. The summed E-state index contributed by atoms with van der Waals surface area (Å²) in [6, 6.07) is 19.1. The SMILES string of the molecule is O=C(NCc1ccccc1)Nc1cccc(N2CCCN(Cc3cc(F)ccc3F)C2=O)c1. The first-order chi connectivity index (χ1) is 16.0. The molecule has 33 heavy (non-hydrogen) atoms. The molecule has 0 bridgehead atoms. The van der Waals surface area contributed by atoms with E-state index in [0.29, 0.717) is 37.4 Å². The molecule has 170 valence electrons. The summed E-state index contributed by atoms with van der Waals surface area (Å²) in [6.07, 6.45) is 0.678. The van der Waals surface area contributed by atoms with Gasteiger partial charge in [0, 0.05) is 36.6 Å². The lowest BCUT2D eigenvalue weighted by molar-refractivity contribution is 0.191. The lowest BCUT2D eigenvalue weighted by atomic mass is 10.1. The van der Waals surface area contributed by atoms with Crippen LogP contribution in [0.4, 0.5) is 29.7 Å². The van der Waals surface area contributed by atoms with E-state index >= 15 is 0 Å². The fraction of sp³-hybridized carbons (Fsp3) is 0.200. The van der Waals surface area contributed by atoms with Crippen LogP contribution in [0.2, 0.25) is 0 Å². The summed E-state index contributed by atoms with van der Waals surface area (Å²) in [6.45, 7) is 1.32. The van der Waals surface area contributed by atoms with E-state index in [9.17, 15) is 18.4 Å². The number of nitrogens with one attached hydrogen (secondary N) is 2. The van der Waals surface area contributed by atoms with Crippen LogP contribution in [0.25, 0.3) is 0 Å². The topological polar surface area (TPSA) is 64.7 Å². The molecule has 2 N–H and O–H groups in total. The average Bonchev–Trinajstić information content (AvgIpc) is 2.82. The molecular formula is C25H24F2N4O2. The second-order valence-corrected chi connectivity index (χ2v) is 7.79. The van der Waals surface area contributed by atoms with Crippen molar-refractivity contribution in [2.45, 2.75) is 19.5 Å². The maximum atomic E-state index is 14.1. The Kier molecular flexibility index (Phi) is 6.83. The van der Waals surface area contributed by atoms with Gasteiger partial charge >= 0.3 is 12.1 Å². The molecule has 1 saturated heterocycles. The Balaban J connectivity index is 1.41. The van der Waals surface area contributed by atoms with E-state index in [1.807, 2.05) is 30.3 Å². The van der Waals surface area contributed by atoms with Crippen LogP contribution >= 0.6 is 0 Å². The smallest absolute Gasteiger partial charge is 0.324 e. The molecule has 1 fully saturated rings. The van der Waals surface area contributed by atoms with Gasteiger partial charge in [-0.05, 0) is 48.4 Å². The number of hydrogen-bond acceptors (Lipinski definition) is 2. The van der Waals surface area contributed by atoms with Crippen molar-refractivity contribution < 1.29 is 18.4 Å². The first-order valence-corrected chi connectivity index (χ1v) is 10.7. The maximum absolute atomic E-state index is 14.1. The highest BCUT2D eigenvalue weighted by atomic mass is 19.1. The van der Waals surface area contributed by atoms with E-state index in [0.717, 1.165) is 23.8 Å². The number of carbonyl (C=O) groups excluding carboxylic acids is 2. The molecule has 1 heterocycles. The molecule has 0 aliphatic carbocycles. The summed E-state index contributed by atoms with van der Waals surface area (Å²) < 4.78 is 27.6. The first kappa shape index (κ1) is 22.3. The Labute approximate surface area is 190 Å². The van der Waals surface area contributed by atoms with Crippen LogP contribution in [-0.2, 0) is 13.1 Å². The van der Waals surface area contributed by atoms with Gasteiger partial charge in [-0.15, -0.1) is 0 Å². The Morgan fingerprint density at radius 3 is 2.58 bits per heavy atom. The third-order valence-corrected chi connectivity index (χ3v) is 5.39. The number of halogens is 2. The highest BCUT2D eigenvalue weighted by Gasteiger charge is 2.27. The van der Waals surface area contributed by atoms with Crippen LogP contribution in [-0.4, -0.2) is 30.1 Å². The lowest BCUT2D eigenvalue weighted by Gasteiger charge is -2.36. The summed E-state index contributed by atoms with van der Waals surface area (Å²) in [5.74, 6) is -1.09. The number of nitrogens with zero attached hydrogens (tertiary/aromatic N) is 2. The van der Waals surface area contributed by atoms with Crippen molar-refractivity contribution in [3.63, 3.8) is 0 Å². The van der Waals surface area contributed by atoms with Crippen LogP contribution in [0.3, 0.4) is 0 Å². The van der Waals surface area contributed by atoms with Gasteiger partial charge in [-0.3, -0.25) is 4.90 Å². The van der Waals surface area contributed by atoms with Crippen LogP contribution in [0.15, 0.2) is 72.8 Å². The third-order valence-electron chi connectivity index (χ3n) is 5.39. The molecule has 4 rings (SSSR count). The Hall–Kier alpha value is -3.94. The molecule has 6 nitrogen and oxygen atoms in total. The molecule has 1 aliphatic rings. The summed E-state index contributed by atoms with van der Waals surface area (Å²) >= 11 is 0. The van der Waals surface area contributed by atoms with Crippen LogP contribution in [0.5, 0.6) is 0 Å². The minimum absolute atomic E-state index is 0.0151. The molecule has 0 unspecified atom stereocenters. The number of anilines is 2. The summed E-state index contributed by atoms with van der Waals surface area (Å²) in [5.41, 5.74) is 2.27. The van der Waals surface area contributed by atoms with E-state index in [1.165, 1.54) is 4.90 Å². The van der Waals surface area contributed by atoms with E-state index in [4.69, 9.17) is 0 Å². The fourth-order valence-electron chi connectivity index (χ4n) is 3.74. The Bertz CT molecular complexity index is 1140. The molecule has 0 radical (unpaired) electrons. The number of urea groups is 2. The van der Waals surface area contributed by atoms with Gasteiger partial charge in [0.1, 0.15) is 11.6 Å². The highest BCUT2D eigenvalue weighted by Crippen LogP contribution is 2.25. The standard InChI is InChI=1S/C25H24F2N4O2/c26-20-10-11-23(27)19(14-20)17-30-12-5-13-31(25(30)33)22-9-4-8-21(15-22)29-24(32)28-16-18-6-2-1-3-7-18/h1-4,6-11,14-15H,5,12-13,16-17H2,(H2,28,29,32). The molecule has 3 aromatic rings. The number of amides is 4. The van der Waals surface area contributed by atoms with Gasteiger partial charge in [0.2, 0.25) is 0 Å². The normalized spacial score (nSPS) is 13.7. The van der Waals surface area contributed by atoms with Crippen LogP contribution in [0, 0.1) is 11.6 Å². The minimum Gasteiger partial charge on any atom is -0.334 e. The van der Waals surface area contributed by atoms with Crippen molar-refractivity contribution in [1.29, 1.82) is 0 Å². The zero-order valence-corrected chi connectivity index (χ0v) is 17.9. The molecule has 0 atom stereocenters. The first-order valence-electron chi connectivity index (χ1n) is 10.7. The molecule has 3 aromatic carbocycles. The number of benzene rings is 3. The zero-order valence-electron chi connectivity index (χ0n) is 17.9.